The van der Waals surface area contributed by atoms with E-state index in [1.54, 1.807) is 20.4 Å². The monoisotopic (exact) mass is 335 g/mol. The molecule has 3 heterocycles. The van der Waals surface area contributed by atoms with Gasteiger partial charge in [0.1, 0.15) is 12.4 Å². The molecule has 0 saturated carbocycles. The first-order chi connectivity index (χ1) is 12.3. The topological polar surface area (TPSA) is 74.1 Å². The van der Waals surface area contributed by atoms with Crippen LogP contribution in [0, 0.1) is 0 Å². The summed E-state index contributed by atoms with van der Waals surface area (Å²) in [5.41, 5.74) is 2.84. The van der Waals surface area contributed by atoms with E-state index in [-0.39, 0.29) is 6.04 Å². The first-order valence-corrected chi connectivity index (χ1v) is 7.81. The van der Waals surface area contributed by atoms with Crippen molar-refractivity contribution in [3.8, 4) is 11.5 Å². The summed E-state index contributed by atoms with van der Waals surface area (Å²) < 4.78 is 12.9. The van der Waals surface area contributed by atoms with Crippen LogP contribution in [-0.4, -0.2) is 34.0 Å². The average Bonchev–Trinajstić information content (AvgIpc) is 3.16. The number of hydrogen-bond acceptors (Lipinski definition) is 6. The van der Waals surface area contributed by atoms with Gasteiger partial charge in [-0.2, -0.15) is 10.1 Å². The number of para-hydroxylation sites is 1. The third-order valence-electron chi connectivity index (χ3n) is 4.13. The van der Waals surface area contributed by atoms with Crippen molar-refractivity contribution in [1.29, 1.82) is 0 Å². The van der Waals surface area contributed by atoms with Crippen LogP contribution in [0.15, 0.2) is 55.1 Å². The molecule has 25 heavy (non-hydrogen) atoms. The van der Waals surface area contributed by atoms with Crippen LogP contribution in [0.25, 0.3) is 5.70 Å². The Morgan fingerprint density at radius 3 is 2.80 bits per heavy atom. The average molecular weight is 335 g/mol. The molecule has 0 radical (unpaired) electrons. The zero-order chi connectivity index (χ0) is 17.2. The van der Waals surface area contributed by atoms with Crippen molar-refractivity contribution in [2.45, 2.75) is 6.04 Å². The lowest BCUT2D eigenvalue weighted by Crippen LogP contribution is -2.20. The van der Waals surface area contributed by atoms with E-state index in [0.29, 0.717) is 17.4 Å². The highest BCUT2D eigenvalue weighted by atomic mass is 16.5. The van der Waals surface area contributed by atoms with Crippen molar-refractivity contribution in [1.82, 2.24) is 19.7 Å². The fourth-order valence-corrected chi connectivity index (χ4v) is 2.99. The Morgan fingerprint density at radius 1 is 1.12 bits per heavy atom. The summed E-state index contributed by atoms with van der Waals surface area (Å²) in [6, 6.07) is 9.53. The Hall–Kier alpha value is -3.35. The zero-order valence-electron chi connectivity index (χ0n) is 13.9. The molecule has 1 aliphatic heterocycles. The lowest BCUT2D eigenvalue weighted by atomic mass is 10.0. The van der Waals surface area contributed by atoms with Gasteiger partial charge in [0.15, 0.2) is 11.5 Å². The molecule has 3 aromatic rings. The van der Waals surface area contributed by atoms with Gasteiger partial charge in [0.25, 0.3) is 0 Å². The maximum absolute atomic E-state index is 5.60. The number of ether oxygens (including phenoxy) is 2. The summed E-state index contributed by atoms with van der Waals surface area (Å²) in [5.74, 6) is 2.02. The molecule has 0 unspecified atom stereocenters. The SMILES string of the molecule is COc1cccc([C@H]2C=C(c3cccnc3)Nc3ncnn32)c1OC. The molecule has 1 aliphatic rings. The second-order valence-electron chi connectivity index (χ2n) is 5.50. The van der Waals surface area contributed by atoms with Crippen molar-refractivity contribution in [3.63, 3.8) is 0 Å². The molecule has 1 atom stereocenters. The van der Waals surface area contributed by atoms with Crippen molar-refractivity contribution in [3.05, 3.63) is 66.3 Å². The number of aromatic nitrogens is 4. The Morgan fingerprint density at radius 2 is 2.04 bits per heavy atom. The van der Waals surface area contributed by atoms with Crippen molar-refractivity contribution in [2.24, 2.45) is 0 Å². The third kappa shape index (κ3) is 2.59. The van der Waals surface area contributed by atoms with Gasteiger partial charge in [-0.3, -0.25) is 4.98 Å². The summed E-state index contributed by atoms with van der Waals surface area (Å²) in [4.78, 5) is 8.51. The Balaban J connectivity index is 1.87. The largest absolute Gasteiger partial charge is 0.493 e. The molecular formula is C18H17N5O2. The van der Waals surface area contributed by atoms with Gasteiger partial charge in [0.2, 0.25) is 5.95 Å². The Kier molecular flexibility index (Phi) is 3.81. The lowest BCUT2D eigenvalue weighted by molar-refractivity contribution is 0.349. The minimum absolute atomic E-state index is 0.181. The second kappa shape index (κ2) is 6.27. The number of allylic oxidation sites excluding steroid dienone is 1. The number of fused-ring (bicyclic) bond motifs is 1. The molecule has 7 nitrogen and oxygen atoms in total. The smallest absolute Gasteiger partial charge is 0.226 e. The van der Waals surface area contributed by atoms with Crippen LogP contribution < -0.4 is 14.8 Å². The number of hydrogen-bond donors (Lipinski definition) is 1. The fourth-order valence-electron chi connectivity index (χ4n) is 2.99. The number of methoxy groups -OCH3 is 2. The molecule has 1 N–H and O–H groups in total. The molecule has 0 aliphatic carbocycles. The first-order valence-electron chi connectivity index (χ1n) is 7.81. The van der Waals surface area contributed by atoms with E-state index >= 15 is 0 Å². The molecule has 0 fully saturated rings. The van der Waals surface area contributed by atoms with Crippen molar-refractivity contribution < 1.29 is 9.47 Å². The van der Waals surface area contributed by atoms with E-state index < -0.39 is 0 Å². The van der Waals surface area contributed by atoms with Crippen LogP contribution in [0.3, 0.4) is 0 Å². The molecule has 1 aromatic carbocycles. The number of nitrogens with one attached hydrogen (secondary N) is 1. The van der Waals surface area contributed by atoms with E-state index in [0.717, 1.165) is 16.8 Å². The summed E-state index contributed by atoms with van der Waals surface area (Å²) in [7, 11) is 3.26. The lowest BCUT2D eigenvalue weighted by Gasteiger charge is -2.26. The maximum Gasteiger partial charge on any atom is 0.226 e. The summed E-state index contributed by atoms with van der Waals surface area (Å²) in [6.07, 6.45) is 7.17. The Bertz CT molecular complexity index is 920. The Labute approximate surface area is 144 Å². The normalized spacial score (nSPS) is 15.8. The number of pyridine rings is 1. The molecule has 4 rings (SSSR count). The molecule has 0 bridgehead atoms. The van der Waals surface area contributed by atoms with E-state index in [1.165, 1.54) is 6.33 Å². The highest BCUT2D eigenvalue weighted by molar-refractivity contribution is 5.77. The minimum atomic E-state index is -0.181. The third-order valence-corrected chi connectivity index (χ3v) is 4.13. The van der Waals surface area contributed by atoms with Gasteiger partial charge in [0.05, 0.1) is 14.2 Å². The molecule has 0 saturated heterocycles. The van der Waals surface area contributed by atoms with Gasteiger partial charge in [-0.15, -0.1) is 0 Å². The first kappa shape index (κ1) is 15.2. The number of rotatable bonds is 4. The molecule has 0 amide bonds. The predicted molar refractivity (Wildman–Crippen MR) is 93.5 cm³/mol. The van der Waals surface area contributed by atoms with Gasteiger partial charge in [-0.25, -0.2) is 4.68 Å². The van der Waals surface area contributed by atoms with Crippen LogP contribution in [0.2, 0.25) is 0 Å². The summed E-state index contributed by atoms with van der Waals surface area (Å²) >= 11 is 0. The van der Waals surface area contributed by atoms with Crippen LogP contribution in [0.5, 0.6) is 11.5 Å². The molecule has 0 spiro atoms. The van der Waals surface area contributed by atoms with Crippen molar-refractivity contribution in [2.75, 3.05) is 19.5 Å². The number of benzene rings is 1. The zero-order valence-corrected chi connectivity index (χ0v) is 13.9. The number of anilines is 1. The van der Waals surface area contributed by atoms with Gasteiger partial charge in [-0.1, -0.05) is 12.1 Å². The van der Waals surface area contributed by atoms with E-state index in [4.69, 9.17) is 9.47 Å². The van der Waals surface area contributed by atoms with E-state index in [1.807, 2.05) is 41.2 Å². The van der Waals surface area contributed by atoms with Crippen LogP contribution >= 0.6 is 0 Å². The highest BCUT2D eigenvalue weighted by Gasteiger charge is 2.27. The van der Waals surface area contributed by atoms with Gasteiger partial charge in [-0.05, 0) is 24.3 Å². The maximum atomic E-state index is 5.60. The second-order valence-corrected chi connectivity index (χ2v) is 5.50. The number of nitrogens with zero attached hydrogens (tertiary/aromatic N) is 4. The summed E-state index contributed by atoms with van der Waals surface area (Å²) in [5, 5.41) is 7.66. The highest BCUT2D eigenvalue weighted by Crippen LogP contribution is 2.40. The van der Waals surface area contributed by atoms with E-state index in [2.05, 4.69) is 26.5 Å². The van der Waals surface area contributed by atoms with Crippen LogP contribution in [-0.2, 0) is 0 Å². The summed E-state index contributed by atoms with van der Waals surface area (Å²) in [6.45, 7) is 0. The van der Waals surface area contributed by atoms with Gasteiger partial charge in [0, 0.05) is 29.2 Å². The molecule has 7 heteroatoms. The molecular weight excluding hydrogens is 318 g/mol. The van der Waals surface area contributed by atoms with E-state index in [9.17, 15) is 0 Å². The fraction of sp³-hybridized carbons (Fsp3) is 0.167. The van der Waals surface area contributed by atoms with Gasteiger partial charge >= 0.3 is 0 Å². The standard InChI is InChI=1S/C18H17N5O2/c1-24-16-7-3-6-13(17(16)25-2)15-9-14(12-5-4-8-19-10-12)22-18-20-11-21-23(15)18/h3-11,15H,1-2H3,(H,20,21,22)/t15-/m1/s1. The van der Waals surface area contributed by atoms with Gasteiger partial charge < -0.3 is 14.8 Å². The predicted octanol–water partition coefficient (Wildman–Crippen LogP) is 2.75. The molecule has 126 valence electrons. The van der Waals surface area contributed by atoms with Crippen LogP contribution in [0.1, 0.15) is 17.2 Å². The quantitative estimate of drug-likeness (QED) is 0.790. The van der Waals surface area contributed by atoms with Crippen LogP contribution in [0.4, 0.5) is 5.95 Å². The molecule has 2 aromatic heterocycles. The minimum Gasteiger partial charge on any atom is -0.493 e. The van der Waals surface area contributed by atoms with Crippen molar-refractivity contribution >= 4 is 11.6 Å².